The van der Waals surface area contributed by atoms with Crippen LogP contribution in [-0.4, -0.2) is 16.7 Å². The molecule has 2 N–H and O–H groups in total. The predicted molar refractivity (Wildman–Crippen MR) is 91.6 cm³/mol. The van der Waals surface area contributed by atoms with E-state index >= 15 is 0 Å². The molecule has 0 saturated carbocycles. The van der Waals surface area contributed by atoms with Crippen LogP contribution in [0.3, 0.4) is 0 Å². The van der Waals surface area contributed by atoms with Gasteiger partial charge in [0.15, 0.2) is 0 Å². The first-order valence-corrected chi connectivity index (χ1v) is 7.48. The highest BCUT2D eigenvalue weighted by Crippen LogP contribution is 2.25. The predicted octanol–water partition coefficient (Wildman–Crippen LogP) is 3.98. The van der Waals surface area contributed by atoms with Crippen LogP contribution in [0.15, 0.2) is 59.7 Å². The topological polar surface area (TPSA) is 61.7 Å². The molecule has 0 fully saturated rings. The number of fused-ring (bicyclic) bond motifs is 1. The van der Waals surface area contributed by atoms with Gasteiger partial charge in [-0.15, -0.1) is 0 Å². The van der Waals surface area contributed by atoms with E-state index < -0.39 is 17.5 Å². The number of nitrogens with zero attached hydrogens (tertiary/aromatic N) is 1. The Kier molecular flexibility index (Phi) is 4.43. The molecule has 0 aliphatic rings. The lowest BCUT2D eigenvalue weighted by Crippen LogP contribution is -2.20. The van der Waals surface area contributed by atoms with Crippen molar-refractivity contribution in [1.82, 2.24) is 5.43 Å². The van der Waals surface area contributed by atoms with E-state index in [9.17, 15) is 18.7 Å². The van der Waals surface area contributed by atoms with Gasteiger partial charge in [-0.05, 0) is 42.0 Å². The van der Waals surface area contributed by atoms with Crippen LogP contribution < -0.4 is 5.43 Å². The molecule has 3 aromatic carbocycles. The second kappa shape index (κ2) is 6.68. The van der Waals surface area contributed by atoms with E-state index in [1.807, 2.05) is 12.1 Å². The maximum Gasteiger partial charge on any atom is 0.275 e. The van der Waals surface area contributed by atoms with Crippen LogP contribution >= 0.6 is 0 Å². The minimum Gasteiger partial charge on any atom is -0.507 e. The maximum absolute atomic E-state index is 13.7. The van der Waals surface area contributed by atoms with Crippen LogP contribution in [0.5, 0.6) is 5.75 Å². The second-order valence-corrected chi connectivity index (χ2v) is 5.45. The number of hydrazone groups is 1. The molecule has 4 nitrogen and oxygen atoms in total. The average molecular weight is 340 g/mol. The van der Waals surface area contributed by atoms with E-state index in [4.69, 9.17) is 0 Å². The van der Waals surface area contributed by atoms with Crippen LogP contribution in [0.4, 0.5) is 8.78 Å². The zero-order valence-corrected chi connectivity index (χ0v) is 13.3. The normalized spacial score (nSPS) is 11.6. The van der Waals surface area contributed by atoms with Crippen molar-refractivity contribution in [2.45, 2.75) is 6.92 Å². The maximum atomic E-state index is 13.7. The molecule has 25 heavy (non-hydrogen) atoms. The molecule has 0 aromatic heterocycles. The van der Waals surface area contributed by atoms with Crippen molar-refractivity contribution in [2.75, 3.05) is 0 Å². The zero-order valence-electron chi connectivity index (χ0n) is 13.3. The van der Waals surface area contributed by atoms with Gasteiger partial charge in [0.1, 0.15) is 17.4 Å². The first kappa shape index (κ1) is 16.6. The highest BCUT2D eigenvalue weighted by molar-refractivity contribution is 6.03. The van der Waals surface area contributed by atoms with E-state index in [0.717, 1.165) is 22.9 Å². The summed E-state index contributed by atoms with van der Waals surface area (Å²) in [6.07, 6.45) is 0. The Morgan fingerprint density at radius 3 is 2.24 bits per heavy atom. The van der Waals surface area contributed by atoms with Crippen LogP contribution in [0.1, 0.15) is 22.8 Å². The molecule has 0 bridgehead atoms. The number of rotatable bonds is 3. The van der Waals surface area contributed by atoms with Gasteiger partial charge in [-0.1, -0.05) is 30.3 Å². The van der Waals surface area contributed by atoms with E-state index in [-0.39, 0.29) is 22.6 Å². The quantitative estimate of drug-likeness (QED) is 0.560. The fraction of sp³-hybridized carbons (Fsp3) is 0.0526. The van der Waals surface area contributed by atoms with E-state index in [1.165, 1.54) is 25.1 Å². The molecule has 6 heteroatoms. The van der Waals surface area contributed by atoms with Crippen molar-refractivity contribution in [3.8, 4) is 5.75 Å². The van der Waals surface area contributed by atoms with Gasteiger partial charge < -0.3 is 5.11 Å². The molecule has 0 heterocycles. The van der Waals surface area contributed by atoms with Crippen molar-refractivity contribution in [3.63, 3.8) is 0 Å². The van der Waals surface area contributed by atoms with Crippen LogP contribution in [0, 0.1) is 11.6 Å². The number of phenolic OH excluding ortho intramolecular Hbond substituents is 1. The number of phenols is 1. The fourth-order valence-electron chi connectivity index (χ4n) is 2.50. The Hall–Kier alpha value is -3.28. The Morgan fingerprint density at radius 2 is 1.60 bits per heavy atom. The van der Waals surface area contributed by atoms with Crippen molar-refractivity contribution in [1.29, 1.82) is 0 Å². The first-order chi connectivity index (χ1) is 12.0. The summed E-state index contributed by atoms with van der Waals surface area (Å²) in [6.45, 7) is 1.38. The summed E-state index contributed by atoms with van der Waals surface area (Å²) >= 11 is 0. The van der Waals surface area contributed by atoms with Gasteiger partial charge in [0.05, 0.1) is 16.8 Å². The molecule has 3 rings (SSSR count). The minimum atomic E-state index is -0.774. The molecule has 1 amide bonds. The van der Waals surface area contributed by atoms with Crippen LogP contribution in [-0.2, 0) is 0 Å². The summed E-state index contributed by atoms with van der Waals surface area (Å²) in [5.74, 6) is -2.44. The summed E-state index contributed by atoms with van der Waals surface area (Å²) in [5, 5.41) is 15.3. The Bertz CT molecular complexity index is 980. The molecule has 0 radical (unpaired) electrons. The third-order valence-electron chi connectivity index (χ3n) is 3.76. The summed E-state index contributed by atoms with van der Waals surface area (Å²) in [7, 11) is 0. The van der Waals surface area contributed by atoms with E-state index in [0.29, 0.717) is 0 Å². The molecule has 0 aliphatic heterocycles. The van der Waals surface area contributed by atoms with Gasteiger partial charge in [-0.25, -0.2) is 14.2 Å². The molecule has 126 valence electrons. The van der Waals surface area contributed by atoms with Crippen LogP contribution in [0.25, 0.3) is 10.8 Å². The number of carbonyl (C=O) groups is 1. The lowest BCUT2D eigenvalue weighted by Gasteiger charge is -2.07. The minimum absolute atomic E-state index is 0.0178. The van der Waals surface area contributed by atoms with Gasteiger partial charge in [-0.2, -0.15) is 5.10 Å². The van der Waals surface area contributed by atoms with Crippen molar-refractivity contribution in [3.05, 3.63) is 77.4 Å². The number of benzene rings is 3. The molecule has 0 unspecified atom stereocenters. The third kappa shape index (κ3) is 3.33. The van der Waals surface area contributed by atoms with Gasteiger partial charge >= 0.3 is 0 Å². The number of aromatic hydroxyl groups is 1. The number of hydrogen-bond donors (Lipinski definition) is 2. The largest absolute Gasteiger partial charge is 0.507 e. The Labute approximate surface area is 142 Å². The first-order valence-electron chi connectivity index (χ1n) is 7.48. The summed E-state index contributed by atoms with van der Waals surface area (Å²) < 4.78 is 27.4. The number of amides is 1. The van der Waals surface area contributed by atoms with Crippen LogP contribution in [0.2, 0.25) is 0 Å². The Morgan fingerprint density at radius 1 is 1.00 bits per heavy atom. The molecule has 0 spiro atoms. The number of hydrogen-bond acceptors (Lipinski definition) is 3. The lowest BCUT2D eigenvalue weighted by atomic mass is 10.1. The van der Waals surface area contributed by atoms with Crippen molar-refractivity contribution < 1.29 is 18.7 Å². The monoisotopic (exact) mass is 340 g/mol. The zero-order chi connectivity index (χ0) is 18.0. The second-order valence-electron chi connectivity index (χ2n) is 5.45. The highest BCUT2D eigenvalue weighted by atomic mass is 19.1. The van der Waals surface area contributed by atoms with Gasteiger partial charge in [0, 0.05) is 0 Å². The summed E-state index contributed by atoms with van der Waals surface area (Å²) in [4.78, 5) is 12.2. The molecule has 0 aliphatic carbocycles. The SMILES string of the molecule is C/C(=N/NC(=O)c1cc2ccccc2cc1O)c1c(F)cccc1F. The van der Waals surface area contributed by atoms with Crippen molar-refractivity contribution in [2.24, 2.45) is 5.10 Å². The Balaban J connectivity index is 1.89. The standard InChI is InChI=1S/C19H14F2N2O2/c1-11(18-15(20)7-4-8-16(18)21)22-23-19(25)14-9-12-5-2-3-6-13(12)10-17(14)24/h2-10,24H,1H3,(H,23,25)/b22-11-. The molecular weight excluding hydrogens is 326 g/mol. The highest BCUT2D eigenvalue weighted by Gasteiger charge is 2.14. The summed E-state index contributed by atoms with van der Waals surface area (Å²) in [6, 6.07) is 13.7. The smallest absolute Gasteiger partial charge is 0.275 e. The summed E-state index contributed by atoms with van der Waals surface area (Å²) in [5.41, 5.74) is 1.89. The van der Waals surface area contributed by atoms with E-state index in [1.54, 1.807) is 12.1 Å². The molecular formula is C19H14F2N2O2. The number of halogens is 2. The number of nitrogens with one attached hydrogen (secondary N) is 1. The third-order valence-corrected chi connectivity index (χ3v) is 3.76. The average Bonchev–Trinajstić information content (AvgIpc) is 2.59. The number of carbonyl (C=O) groups excluding carboxylic acids is 1. The van der Waals surface area contributed by atoms with E-state index in [2.05, 4.69) is 10.5 Å². The van der Waals surface area contributed by atoms with Gasteiger partial charge in [0.25, 0.3) is 5.91 Å². The fourth-order valence-corrected chi connectivity index (χ4v) is 2.50. The lowest BCUT2D eigenvalue weighted by molar-refractivity contribution is 0.0952. The molecule has 0 saturated heterocycles. The van der Waals surface area contributed by atoms with Gasteiger partial charge in [-0.3, -0.25) is 4.79 Å². The van der Waals surface area contributed by atoms with Crippen molar-refractivity contribution >= 4 is 22.4 Å². The molecule has 0 atom stereocenters. The molecule has 3 aromatic rings. The van der Waals surface area contributed by atoms with Gasteiger partial charge in [0.2, 0.25) is 0 Å².